The van der Waals surface area contributed by atoms with Crippen molar-refractivity contribution in [1.29, 1.82) is 0 Å². The Morgan fingerprint density at radius 3 is 2.39 bits per heavy atom. The van der Waals surface area contributed by atoms with Crippen LogP contribution in [0.2, 0.25) is 0 Å². The summed E-state index contributed by atoms with van der Waals surface area (Å²) in [6, 6.07) is 27.8. The number of piperidine rings is 1. The van der Waals surface area contributed by atoms with Gasteiger partial charge in [-0.1, -0.05) is 106 Å². The number of para-hydroxylation sites is 2. The van der Waals surface area contributed by atoms with Crippen molar-refractivity contribution in [2.24, 2.45) is 7.05 Å². The van der Waals surface area contributed by atoms with Gasteiger partial charge in [-0.05, 0) is 109 Å². The molecule has 0 radical (unpaired) electrons. The number of ether oxygens (including phenoxy) is 1. The number of piperazine rings is 1. The summed E-state index contributed by atoms with van der Waals surface area (Å²) in [5.41, 5.74) is 9.01. The van der Waals surface area contributed by atoms with Crippen LogP contribution in [0.15, 0.2) is 84.9 Å². The Kier molecular flexibility index (Phi) is 15.0. The van der Waals surface area contributed by atoms with Gasteiger partial charge < -0.3 is 19.6 Å². The van der Waals surface area contributed by atoms with Crippen LogP contribution in [0, 0.1) is 6.92 Å². The number of rotatable bonds is 17. The van der Waals surface area contributed by atoms with Crippen LogP contribution in [-0.2, 0) is 35.0 Å². The Hall–Kier alpha value is -7.17. The van der Waals surface area contributed by atoms with E-state index in [1.807, 2.05) is 85.4 Å². The first-order valence-corrected chi connectivity index (χ1v) is 27.3. The number of carboxylic acids is 1. The molecule has 15 nitrogen and oxygen atoms in total. The van der Waals surface area contributed by atoms with Crippen molar-refractivity contribution in [2.45, 2.75) is 103 Å². The molecule has 0 spiro atoms. The molecule has 1 unspecified atom stereocenters. The van der Waals surface area contributed by atoms with Gasteiger partial charge in [-0.3, -0.25) is 34.6 Å². The van der Waals surface area contributed by atoms with Crippen molar-refractivity contribution in [3.63, 3.8) is 0 Å². The third-order valence-electron chi connectivity index (χ3n) is 15.2. The van der Waals surface area contributed by atoms with Crippen LogP contribution in [-0.4, -0.2) is 99.3 Å². The molecule has 7 aromatic rings. The molecule has 0 aliphatic carbocycles. The minimum atomic E-state index is -1.10. The number of unbranched alkanes of at least 4 members (excludes halogenated alkanes) is 5. The third-order valence-corrected chi connectivity index (χ3v) is 16.2. The normalized spacial score (nSPS) is 16.4. The SMILES string of the molecule is Cc1c(OCCCCCCCCN2CCN(c3cccc4c(C5CCC(=O)NC5=O)nn(C)c34)CC2)cccc1-c1c(C(C)(C)C)cc(N2CCc3cccc(C(=O)Nc4nc5ccccc5s4)c3C2)nc1C(=O)O. The van der Waals surface area contributed by atoms with Gasteiger partial charge in [-0.25, -0.2) is 14.8 Å². The molecule has 3 amide bonds. The molecule has 75 heavy (non-hydrogen) atoms. The number of hydrogen-bond acceptors (Lipinski definition) is 12. The number of imide groups is 1. The number of nitrogens with zero attached hydrogens (tertiary/aromatic N) is 7. The van der Waals surface area contributed by atoms with Gasteiger partial charge in [0.25, 0.3) is 5.91 Å². The summed E-state index contributed by atoms with van der Waals surface area (Å²) in [5, 5.41) is 22.7. The molecule has 0 saturated carbocycles. The lowest BCUT2D eigenvalue weighted by Gasteiger charge is -2.36. The lowest BCUT2D eigenvalue weighted by atomic mass is 9.80. The van der Waals surface area contributed by atoms with Gasteiger partial charge in [0.15, 0.2) is 10.8 Å². The lowest BCUT2D eigenvalue weighted by Crippen LogP contribution is -2.46. The van der Waals surface area contributed by atoms with E-state index in [9.17, 15) is 24.3 Å². The van der Waals surface area contributed by atoms with E-state index in [4.69, 9.17) is 14.8 Å². The standard InChI is InChI=1S/C59H67N9O6S/c1-37-39(51-44(59(2,3)4)35-49(61-53(51)57(72)73)68-29-27-38-17-14-19-40(43(38)36-68)55(70)63-58-60-45-21-10-11-24-48(45)75-58)18-16-23-47(37)74-34-13-9-7-6-8-12-28-66-30-32-67(33-31-66)46-22-15-20-41-52(64-65(5)54(41)46)42-25-26-50(69)62-56(42)71/h10-11,14-24,35,42H,6-9,12-13,25-34,36H2,1-5H3,(H,72,73)(H,60,63,70)(H,62,69,71). The second-order valence-electron chi connectivity index (χ2n) is 21.3. The topological polar surface area (TPSA) is 175 Å². The lowest BCUT2D eigenvalue weighted by molar-refractivity contribution is -0.134. The number of amides is 3. The maximum absolute atomic E-state index is 13.8. The van der Waals surface area contributed by atoms with E-state index in [-0.39, 0.29) is 23.4 Å². The molecule has 3 aliphatic rings. The minimum absolute atomic E-state index is 0.00492. The zero-order chi connectivity index (χ0) is 52.4. The van der Waals surface area contributed by atoms with Gasteiger partial charge in [-0.2, -0.15) is 5.10 Å². The number of anilines is 3. The van der Waals surface area contributed by atoms with Crippen molar-refractivity contribution in [3.8, 4) is 16.9 Å². The molecule has 4 aromatic carbocycles. The number of hydrogen-bond donors (Lipinski definition) is 3. The largest absolute Gasteiger partial charge is 0.493 e. The third kappa shape index (κ3) is 11.0. The highest BCUT2D eigenvalue weighted by Crippen LogP contribution is 2.42. The van der Waals surface area contributed by atoms with Crippen molar-refractivity contribution in [2.75, 3.05) is 61.0 Å². The predicted octanol–water partition coefficient (Wildman–Crippen LogP) is 10.4. The second-order valence-corrected chi connectivity index (χ2v) is 22.3. The fraction of sp³-hybridized carbons (Fsp3) is 0.407. The molecule has 10 rings (SSSR count). The number of carbonyl (C=O) groups excluding carboxylic acids is 3. The summed E-state index contributed by atoms with van der Waals surface area (Å²) in [5.74, 6) is -0.914. The monoisotopic (exact) mass is 1030 g/mol. The van der Waals surface area contributed by atoms with Crippen molar-refractivity contribution in [1.82, 2.24) is 30.0 Å². The number of fused-ring (bicyclic) bond motifs is 3. The summed E-state index contributed by atoms with van der Waals surface area (Å²) in [7, 11) is 1.94. The highest BCUT2D eigenvalue weighted by Gasteiger charge is 2.34. The van der Waals surface area contributed by atoms with Gasteiger partial charge >= 0.3 is 5.97 Å². The highest BCUT2D eigenvalue weighted by atomic mass is 32.1. The molecule has 3 aliphatic heterocycles. The first kappa shape index (κ1) is 51.3. The minimum Gasteiger partial charge on any atom is -0.493 e. The second kappa shape index (κ2) is 22.0. The molecule has 16 heteroatoms. The van der Waals surface area contributed by atoms with Crippen LogP contribution >= 0.6 is 11.3 Å². The Morgan fingerprint density at radius 1 is 0.853 bits per heavy atom. The van der Waals surface area contributed by atoms with Gasteiger partial charge in [0, 0.05) is 69.3 Å². The number of aryl methyl sites for hydroxylation is 1. The maximum atomic E-state index is 13.8. The summed E-state index contributed by atoms with van der Waals surface area (Å²) in [6.45, 7) is 14.8. The molecule has 2 fully saturated rings. The van der Waals surface area contributed by atoms with E-state index in [2.05, 4.69) is 69.3 Å². The summed E-state index contributed by atoms with van der Waals surface area (Å²) >= 11 is 1.44. The average Bonchev–Trinajstić information content (AvgIpc) is 3.98. The average molecular weight is 1030 g/mol. The number of carboxylic acid groups (broad SMARTS) is 1. The summed E-state index contributed by atoms with van der Waals surface area (Å²) in [4.78, 5) is 68.2. The molecule has 1 atom stereocenters. The van der Waals surface area contributed by atoms with E-state index in [1.54, 1.807) is 0 Å². The van der Waals surface area contributed by atoms with Crippen LogP contribution in [0.4, 0.5) is 16.6 Å². The molecule has 3 aromatic heterocycles. The van der Waals surface area contributed by atoms with Crippen LogP contribution in [0.5, 0.6) is 5.75 Å². The number of benzene rings is 4. The Balaban J connectivity index is 0.714. The van der Waals surface area contributed by atoms with Crippen LogP contribution < -0.4 is 25.2 Å². The Morgan fingerprint density at radius 2 is 1.61 bits per heavy atom. The smallest absolute Gasteiger partial charge is 0.355 e. The molecular formula is C59H67N9O6S. The zero-order valence-corrected chi connectivity index (χ0v) is 44.5. The van der Waals surface area contributed by atoms with Crippen LogP contribution in [0.1, 0.15) is 127 Å². The zero-order valence-electron chi connectivity index (χ0n) is 43.7. The Labute approximate surface area is 442 Å². The molecule has 0 bridgehead atoms. The van der Waals surface area contributed by atoms with E-state index in [1.165, 1.54) is 24.2 Å². The molecular weight excluding hydrogens is 963 g/mol. The van der Waals surface area contributed by atoms with Crippen molar-refractivity contribution >= 4 is 72.8 Å². The van der Waals surface area contributed by atoms with Crippen molar-refractivity contribution in [3.05, 3.63) is 124 Å². The molecule has 3 N–H and O–H groups in total. The van der Waals surface area contributed by atoms with Crippen LogP contribution in [0.3, 0.4) is 0 Å². The van der Waals surface area contributed by atoms with E-state index < -0.39 is 17.3 Å². The number of nitrogens with one attached hydrogen (secondary N) is 2. The predicted molar refractivity (Wildman–Crippen MR) is 297 cm³/mol. The Bertz CT molecular complexity index is 3260. The van der Waals surface area contributed by atoms with Crippen molar-refractivity contribution < 1.29 is 29.0 Å². The number of aromatic nitrogens is 4. The van der Waals surface area contributed by atoms with Crippen LogP contribution in [0.25, 0.3) is 32.2 Å². The first-order valence-electron chi connectivity index (χ1n) is 26.5. The number of pyridine rings is 1. The highest BCUT2D eigenvalue weighted by molar-refractivity contribution is 7.22. The number of aromatic carboxylic acids is 1. The summed E-state index contributed by atoms with van der Waals surface area (Å²) in [6.07, 6.45) is 8.16. The summed E-state index contributed by atoms with van der Waals surface area (Å²) < 4.78 is 9.31. The van der Waals surface area contributed by atoms with E-state index >= 15 is 0 Å². The van der Waals surface area contributed by atoms with Gasteiger partial charge in [0.05, 0.1) is 39.6 Å². The van der Waals surface area contributed by atoms with E-state index in [0.29, 0.717) is 61.0 Å². The maximum Gasteiger partial charge on any atom is 0.355 e. The fourth-order valence-electron chi connectivity index (χ4n) is 11.2. The molecule has 2 saturated heterocycles. The quantitative estimate of drug-likeness (QED) is 0.0582. The molecule has 390 valence electrons. The first-order chi connectivity index (χ1) is 36.2. The van der Waals surface area contributed by atoms with Gasteiger partial charge in [-0.15, -0.1) is 0 Å². The van der Waals surface area contributed by atoms with Gasteiger partial charge in [0.1, 0.15) is 11.6 Å². The number of carbonyl (C=O) groups is 4. The number of thiazole rings is 1. The van der Waals surface area contributed by atoms with Gasteiger partial charge in [0.2, 0.25) is 11.8 Å². The molecule has 6 heterocycles. The fourth-order valence-corrected chi connectivity index (χ4v) is 12.0. The van der Waals surface area contributed by atoms with E-state index in [0.717, 1.165) is 124 Å².